The fraction of sp³-hybridized carbons (Fsp3) is 0.600. The molecule has 0 amide bonds. The van der Waals surface area contributed by atoms with Crippen molar-refractivity contribution in [3.05, 3.63) is 11.5 Å². The molecule has 0 atom stereocenters. The van der Waals surface area contributed by atoms with Crippen LogP contribution >= 0.6 is 11.6 Å². The average Bonchev–Trinajstić information content (AvgIpc) is 2.34. The van der Waals surface area contributed by atoms with E-state index in [9.17, 15) is 0 Å². The molecule has 0 spiro atoms. The fourth-order valence-corrected chi connectivity index (χ4v) is 2.07. The van der Waals surface area contributed by atoms with E-state index in [0.29, 0.717) is 18.1 Å². The molecule has 0 aliphatic carbocycles. The van der Waals surface area contributed by atoms with Crippen LogP contribution in [0, 0.1) is 0 Å². The van der Waals surface area contributed by atoms with Gasteiger partial charge in [-0.05, 0) is 11.6 Å². The lowest BCUT2D eigenvalue weighted by Gasteiger charge is -2.35. The first-order valence-corrected chi connectivity index (χ1v) is 5.94. The van der Waals surface area contributed by atoms with Gasteiger partial charge < -0.3 is 15.7 Å². The molecule has 0 unspecified atom stereocenters. The zero-order chi connectivity index (χ0) is 12.3. The number of rotatable bonds is 3. The van der Waals surface area contributed by atoms with Crippen LogP contribution in [0.1, 0.15) is 0 Å². The molecule has 17 heavy (non-hydrogen) atoms. The molecule has 0 bridgehead atoms. The topological polar surface area (TPSA) is 78.5 Å². The third-order valence-corrected chi connectivity index (χ3v) is 3.04. The molecule has 7 heteroatoms. The van der Waals surface area contributed by atoms with Gasteiger partial charge in [-0.1, -0.05) is 0 Å². The van der Waals surface area contributed by atoms with E-state index < -0.39 is 0 Å². The summed E-state index contributed by atoms with van der Waals surface area (Å²) in [6.45, 7) is 4.35. The number of aliphatic hydroxyl groups excluding tert-OH is 1. The minimum Gasteiger partial charge on any atom is -0.395 e. The maximum absolute atomic E-state index is 8.87. The van der Waals surface area contributed by atoms with Gasteiger partial charge in [-0.3, -0.25) is 4.90 Å². The number of halogens is 1. The van der Waals surface area contributed by atoms with E-state index in [2.05, 4.69) is 19.8 Å². The Morgan fingerprint density at radius 1 is 1.35 bits per heavy atom. The summed E-state index contributed by atoms with van der Waals surface area (Å²) in [5, 5.41) is 9.08. The third-order valence-electron chi connectivity index (χ3n) is 2.85. The largest absolute Gasteiger partial charge is 0.395 e. The molecule has 0 radical (unpaired) electrons. The van der Waals surface area contributed by atoms with Gasteiger partial charge in [0.1, 0.15) is 0 Å². The van der Waals surface area contributed by atoms with Gasteiger partial charge >= 0.3 is 0 Å². The Morgan fingerprint density at radius 3 is 2.71 bits per heavy atom. The van der Waals surface area contributed by atoms with E-state index in [-0.39, 0.29) is 11.9 Å². The van der Waals surface area contributed by atoms with Gasteiger partial charge in [0.25, 0.3) is 0 Å². The molecule has 94 valence electrons. The Labute approximate surface area is 105 Å². The fourth-order valence-electron chi connectivity index (χ4n) is 1.94. The van der Waals surface area contributed by atoms with Crippen molar-refractivity contribution in [2.75, 3.05) is 50.0 Å². The van der Waals surface area contributed by atoms with E-state index in [1.54, 1.807) is 0 Å². The summed E-state index contributed by atoms with van der Waals surface area (Å²) in [7, 11) is 0. The summed E-state index contributed by atoms with van der Waals surface area (Å²) in [6, 6.07) is 0. The van der Waals surface area contributed by atoms with E-state index in [0.717, 1.165) is 26.2 Å². The smallest absolute Gasteiger partial charge is 0.224 e. The maximum Gasteiger partial charge on any atom is 0.224 e. The predicted octanol–water partition coefficient (Wildman–Crippen LogP) is -0.173. The van der Waals surface area contributed by atoms with Crippen molar-refractivity contribution in [2.45, 2.75) is 0 Å². The second-order valence-electron chi connectivity index (χ2n) is 3.97. The number of aliphatic hydroxyl groups is 1. The Balaban J connectivity index is 2.02. The van der Waals surface area contributed by atoms with Crippen LogP contribution in [0.5, 0.6) is 0 Å². The molecule has 1 fully saturated rings. The number of aromatic nitrogens is 2. The van der Waals surface area contributed by atoms with E-state index in [1.165, 1.54) is 6.20 Å². The molecule has 1 saturated heterocycles. The molecule has 0 aromatic carbocycles. The van der Waals surface area contributed by atoms with Crippen molar-refractivity contribution in [1.82, 2.24) is 14.9 Å². The van der Waals surface area contributed by atoms with Crippen molar-refractivity contribution in [1.29, 1.82) is 0 Å². The number of hydrogen-bond acceptors (Lipinski definition) is 6. The SMILES string of the molecule is Nc1cnc(Cl)nc1N1CCN(CCO)CC1. The van der Waals surface area contributed by atoms with Gasteiger partial charge in [-0.15, -0.1) is 0 Å². The lowest BCUT2D eigenvalue weighted by molar-refractivity contribution is 0.188. The summed E-state index contributed by atoms with van der Waals surface area (Å²) in [5.41, 5.74) is 6.38. The summed E-state index contributed by atoms with van der Waals surface area (Å²) < 4.78 is 0. The zero-order valence-corrected chi connectivity index (χ0v) is 10.3. The van der Waals surface area contributed by atoms with Crippen LogP contribution in [0.25, 0.3) is 0 Å². The lowest BCUT2D eigenvalue weighted by atomic mass is 10.3. The highest BCUT2D eigenvalue weighted by atomic mass is 35.5. The number of hydrogen-bond donors (Lipinski definition) is 2. The summed E-state index contributed by atoms with van der Waals surface area (Å²) >= 11 is 5.77. The van der Waals surface area contributed by atoms with Crippen LogP contribution in [-0.4, -0.2) is 59.3 Å². The first-order chi connectivity index (χ1) is 8.20. The van der Waals surface area contributed by atoms with Gasteiger partial charge in [-0.2, -0.15) is 4.98 Å². The maximum atomic E-state index is 8.87. The molecule has 6 nitrogen and oxygen atoms in total. The number of nitrogens with zero attached hydrogens (tertiary/aromatic N) is 4. The highest BCUT2D eigenvalue weighted by Crippen LogP contribution is 2.22. The molecule has 0 saturated carbocycles. The normalized spacial score (nSPS) is 17.4. The van der Waals surface area contributed by atoms with Crippen molar-refractivity contribution < 1.29 is 5.11 Å². The van der Waals surface area contributed by atoms with Crippen LogP contribution in [0.4, 0.5) is 11.5 Å². The van der Waals surface area contributed by atoms with Crippen LogP contribution in [0.3, 0.4) is 0 Å². The standard InChI is InChI=1S/C10H16ClN5O/c11-10-13-7-8(12)9(14-10)16-3-1-15(2-4-16)5-6-17/h7,17H,1-6,12H2. The average molecular weight is 258 g/mol. The van der Waals surface area contributed by atoms with Gasteiger partial charge in [0.15, 0.2) is 5.82 Å². The number of β-amino-alcohol motifs (C(OH)–C–C–N with tert-alkyl or cyclic N) is 1. The molecule has 1 aliphatic rings. The van der Waals surface area contributed by atoms with Crippen molar-refractivity contribution in [3.8, 4) is 0 Å². The highest BCUT2D eigenvalue weighted by Gasteiger charge is 2.19. The number of nitrogens with two attached hydrogens (primary N) is 1. The van der Waals surface area contributed by atoms with Crippen LogP contribution < -0.4 is 10.6 Å². The molecular formula is C10H16ClN5O. The van der Waals surface area contributed by atoms with Crippen molar-refractivity contribution in [3.63, 3.8) is 0 Å². The monoisotopic (exact) mass is 257 g/mol. The van der Waals surface area contributed by atoms with Crippen molar-refractivity contribution >= 4 is 23.1 Å². The van der Waals surface area contributed by atoms with Crippen LogP contribution in [0.2, 0.25) is 5.28 Å². The lowest BCUT2D eigenvalue weighted by Crippen LogP contribution is -2.47. The molecule has 3 N–H and O–H groups in total. The Bertz CT molecular complexity index is 381. The minimum absolute atomic E-state index is 0.196. The number of piperazine rings is 1. The summed E-state index contributed by atoms with van der Waals surface area (Å²) in [5.74, 6) is 0.702. The Morgan fingerprint density at radius 2 is 2.06 bits per heavy atom. The van der Waals surface area contributed by atoms with Gasteiger partial charge in [0, 0.05) is 32.7 Å². The quantitative estimate of drug-likeness (QED) is 0.732. The summed E-state index contributed by atoms with van der Waals surface area (Å²) in [4.78, 5) is 12.3. The highest BCUT2D eigenvalue weighted by molar-refractivity contribution is 6.28. The second kappa shape index (κ2) is 5.48. The number of nitrogen functional groups attached to an aromatic ring is 1. The number of anilines is 2. The van der Waals surface area contributed by atoms with Crippen LogP contribution in [-0.2, 0) is 0 Å². The van der Waals surface area contributed by atoms with Crippen LogP contribution in [0.15, 0.2) is 6.20 Å². The first-order valence-electron chi connectivity index (χ1n) is 5.57. The minimum atomic E-state index is 0.196. The Kier molecular flexibility index (Phi) is 3.98. The molecule has 1 aromatic rings. The van der Waals surface area contributed by atoms with Crippen molar-refractivity contribution in [2.24, 2.45) is 0 Å². The second-order valence-corrected chi connectivity index (χ2v) is 4.31. The third kappa shape index (κ3) is 2.96. The van der Waals surface area contributed by atoms with Gasteiger partial charge in [-0.25, -0.2) is 4.98 Å². The summed E-state index contributed by atoms with van der Waals surface area (Å²) in [6.07, 6.45) is 1.53. The Hall–Kier alpha value is -1.11. The van der Waals surface area contributed by atoms with E-state index in [1.807, 2.05) is 0 Å². The molecule has 1 aromatic heterocycles. The van der Waals surface area contributed by atoms with Gasteiger partial charge in [0.05, 0.1) is 18.5 Å². The first kappa shape index (κ1) is 12.3. The predicted molar refractivity (Wildman–Crippen MR) is 67.2 cm³/mol. The van der Waals surface area contributed by atoms with E-state index in [4.69, 9.17) is 22.4 Å². The van der Waals surface area contributed by atoms with E-state index >= 15 is 0 Å². The molecule has 2 heterocycles. The molecule has 2 rings (SSSR count). The van der Waals surface area contributed by atoms with Gasteiger partial charge in [0.2, 0.25) is 5.28 Å². The molecular weight excluding hydrogens is 242 g/mol. The molecule has 1 aliphatic heterocycles. The zero-order valence-electron chi connectivity index (χ0n) is 9.51.